The minimum Gasteiger partial charge on any atom is -0.497 e. The molecule has 0 aliphatic carbocycles. The molecule has 108 valence electrons. The van der Waals surface area contributed by atoms with Crippen molar-refractivity contribution in [1.29, 1.82) is 0 Å². The van der Waals surface area contributed by atoms with E-state index in [9.17, 15) is 4.79 Å². The van der Waals surface area contributed by atoms with Gasteiger partial charge in [-0.15, -0.1) is 0 Å². The second-order valence-corrected chi connectivity index (χ2v) is 4.91. The van der Waals surface area contributed by atoms with Crippen LogP contribution in [0.5, 0.6) is 5.75 Å². The van der Waals surface area contributed by atoms with Gasteiger partial charge in [0.25, 0.3) is 0 Å². The molecule has 3 heteroatoms. The summed E-state index contributed by atoms with van der Waals surface area (Å²) in [6, 6.07) is 13.4. The molecule has 0 fully saturated rings. The van der Waals surface area contributed by atoms with Gasteiger partial charge in [-0.1, -0.05) is 29.8 Å². The summed E-state index contributed by atoms with van der Waals surface area (Å²) in [5.74, 6) is 0.550. The van der Waals surface area contributed by atoms with Crippen LogP contribution in [0.4, 0.5) is 5.69 Å². The first-order chi connectivity index (χ1) is 10.1. The summed E-state index contributed by atoms with van der Waals surface area (Å²) >= 11 is 0. The average Bonchev–Trinajstić information content (AvgIpc) is 2.46. The van der Waals surface area contributed by atoms with Crippen LogP contribution in [0, 0.1) is 13.8 Å². The Bertz CT molecular complexity index is 675. The third-order valence-corrected chi connectivity index (χ3v) is 3.18. The molecule has 21 heavy (non-hydrogen) atoms. The van der Waals surface area contributed by atoms with E-state index in [1.165, 1.54) is 11.6 Å². The number of amides is 1. The first-order valence-electron chi connectivity index (χ1n) is 6.79. The van der Waals surface area contributed by atoms with E-state index in [4.69, 9.17) is 4.74 Å². The molecule has 3 nitrogen and oxygen atoms in total. The van der Waals surface area contributed by atoms with E-state index in [1.807, 2.05) is 43.3 Å². The highest BCUT2D eigenvalue weighted by atomic mass is 16.5. The van der Waals surface area contributed by atoms with Gasteiger partial charge < -0.3 is 10.1 Å². The fraction of sp³-hybridized carbons (Fsp3) is 0.167. The molecule has 0 aliphatic rings. The number of methoxy groups -OCH3 is 1. The maximum atomic E-state index is 11.9. The number of anilines is 1. The van der Waals surface area contributed by atoms with Crippen LogP contribution >= 0.6 is 0 Å². The Kier molecular flexibility index (Phi) is 4.77. The number of hydrogen-bond donors (Lipinski definition) is 1. The quantitative estimate of drug-likeness (QED) is 0.861. The molecule has 0 bridgehead atoms. The lowest BCUT2D eigenvalue weighted by Gasteiger charge is -2.05. The van der Waals surface area contributed by atoms with Crippen LogP contribution < -0.4 is 10.1 Å². The highest BCUT2D eigenvalue weighted by Gasteiger charge is 2.00. The Balaban J connectivity index is 2.05. The number of nitrogens with one attached hydrogen (secondary N) is 1. The molecule has 2 rings (SSSR count). The minimum absolute atomic E-state index is 0.164. The Morgan fingerprint density at radius 2 is 1.95 bits per heavy atom. The van der Waals surface area contributed by atoms with E-state index in [-0.39, 0.29) is 5.91 Å². The van der Waals surface area contributed by atoms with Gasteiger partial charge in [-0.05, 0) is 43.2 Å². The Hall–Kier alpha value is -2.55. The van der Waals surface area contributed by atoms with Crippen molar-refractivity contribution in [2.45, 2.75) is 13.8 Å². The van der Waals surface area contributed by atoms with Gasteiger partial charge in [0.2, 0.25) is 5.91 Å². The fourth-order valence-corrected chi connectivity index (χ4v) is 2.06. The van der Waals surface area contributed by atoms with Crippen molar-refractivity contribution >= 4 is 17.7 Å². The number of hydrogen-bond acceptors (Lipinski definition) is 2. The van der Waals surface area contributed by atoms with Crippen LogP contribution in [-0.4, -0.2) is 13.0 Å². The predicted molar refractivity (Wildman–Crippen MR) is 86.6 cm³/mol. The van der Waals surface area contributed by atoms with E-state index in [0.717, 1.165) is 11.1 Å². The second-order valence-electron chi connectivity index (χ2n) is 4.91. The summed E-state index contributed by atoms with van der Waals surface area (Å²) in [5.41, 5.74) is 4.12. The van der Waals surface area contributed by atoms with Crippen molar-refractivity contribution in [2.24, 2.45) is 0 Å². The van der Waals surface area contributed by atoms with Crippen molar-refractivity contribution in [3.8, 4) is 5.75 Å². The average molecular weight is 281 g/mol. The molecule has 0 saturated carbocycles. The van der Waals surface area contributed by atoms with Crippen molar-refractivity contribution in [1.82, 2.24) is 0 Å². The highest BCUT2D eigenvalue weighted by Crippen LogP contribution is 2.17. The largest absolute Gasteiger partial charge is 0.497 e. The third-order valence-electron chi connectivity index (χ3n) is 3.18. The standard InChI is InChI=1S/C18H19NO2/c1-13-7-8-15(14(2)11-13)9-10-18(20)19-16-5-4-6-17(12-16)21-3/h4-12H,1-3H3,(H,19,20)/b10-9+. The van der Waals surface area contributed by atoms with Crippen LogP contribution in [0.25, 0.3) is 6.08 Å². The summed E-state index contributed by atoms with van der Waals surface area (Å²) < 4.78 is 5.12. The molecule has 2 aromatic rings. The summed E-state index contributed by atoms with van der Waals surface area (Å²) in [4.78, 5) is 11.9. The number of benzene rings is 2. The van der Waals surface area contributed by atoms with E-state index in [2.05, 4.69) is 18.3 Å². The lowest BCUT2D eigenvalue weighted by Crippen LogP contribution is -2.07. The van der Waals surface area contributed by atoms with E-state index in [1.54, 1.807) is 13.2 Å². The number of carbonyl (C=O) groups excluding carboxylic acids is 1. The number of ether oxygens (including phenoxy) is 1. The summed E-state index contributed by atoms with van der Waals surface area (Å²) in [7, 11) is 1.60. The summed E-state index contributed by atoms with van der Waals surface area (Å²) in [6.45, 7) is 4.09. The zero-order valence-corrected chi connectivity index (χ0v) is 12.5. The topological polar surface area (TPSA) is 38.3 Å². The molecule has 0 unspecified atom stereocenters. The van der Waals surface area contributed by atoms with E-state index < -0.39 is 0 Å². The molecule has 0 radical (unpaired) electrons. The van der Waals surface area contributed by atoms with Crippen LogP contribution in [-0.2, 0) is 4.79 Å². The van der Waals surface area contributed by atoms with Crippen molar-refractivity contribution < 1.29 is 9.53 Å². The molecule has 1 amide bonds. The van der Waals surface area contributed by atoms with Crippen molar-refractivity contribution in [3.63, 3.8) is 0 Å². The number of carbonyl (C=O) groups is 1. The SMILES string of the molecule is COc1cccc(NC(=O)/C=C/c2ccc(C)cc2C)c1. The first kappa shape index (κ1) is 14.9. The molecular weight excluding hydrogens is 262 g/mol. The zero-order valence-electron chi connectivity index (χ0n) is 12.5. The van der Waals surface area contributed by atoms with Crippen LogP contribution in [0.15, 0.2) is 48.5 Å². The molecular formula is C18H19NO2. The Morgan fingerprint density at radius 3 is 2.67 bits per heavy atom. The smallest absolute Gasteiger partial charge is 0.248 e. The van der Waals surface area contributed by atoms with Gasteiger partial charge in [-0.3, -0.25) is 4.79 Å². The Labute approximate surface area is 125 Å². The summed E-state index contributed by atoms with van der Waals surface area (Å²) in [6.07, 6.45) is 3.36. The van der Waals surface area contributed by atoms with Crippen LogP contribution in [0.2, 0.25) is 0 Å². The van der Waals surface area contributed by atoms with Gasteiger partial charge in [0.1, 0.15) is 5.75 Å². The lowest BCUT2D eigenvalue weighted by atomic mass is 10.1. The van der Waals surface area contributed by atoms with Gasteiger partial charge in [-0.25, -0.2) is 0 Å². The molecule has 0 aliphatic heterocycles. The molecule has 1 N–H and O–H groups in total. The van der Waals surface area contributed by atoms with Crippen molar-refractivity contribution in [3.05, 3.63) is 65.2 Å². The maximum absolute atomic E-state index is 11.9. The van der Waals surface area contributed by atoms with Gasteiger partial charge in [-0.2, -0.15) is 0 Å². The molecule has 2 aromatic carbocycles. The maximum Gasteiger partial charge on any atom is 0.248 e. The lowest BCUT2D eigenvalue weighted by molar-refractivity contribution is -0.111. The van der Waals surface area contributed by atoms with Gasteiger partial charge in [0.15, 0.2) is 0 Å². The van der Waals surface area contributed by atoms with Crippen molar-refractivity contribution in [2.75, 3.05) is 12.4 Å². The van der Waals surface area contributed by atoms with Gasteiger partial charge in [0, 0.05) is 17.8 Å². The Morgan fingerprint density at radius 1 is 1.14 bits per heavy atom. The zero-order chi connectivity index (χ0) is 15.2. The predicted octanol–water partition coefficient (Wildman–Crippen LogP) is 3.96. The second kappa shape index (κ2) is 6.75. The molecule has 0 heterocycles. The molecule has 0 saturated heterocycles. The molecule has 0 spiro atoms. The third kappa shape index (κ3) is 4.21. The van der Waals surface area contributed by atoms with Crippen LogP contribution in [0.1, 0.15) is 16.7 Å². The molecule has 0 aromatic heterocycles. The van der Waals surface area contributed by atoms with E-state index >= 15 is 0 Å². The van der Waals surface area contributed by atoms with Crippen LogP contribution in [0.3, 0.4) is 0 Å². The van der Waals surface area contributed by atoms with Gasteiger partial charge >= 0.3 is 0 Å². The first-order valence-corrected chi connectivity index (χ1v) is 6.79. The van der Waals surface area contributed by atoms with Gasteiger partial charge in [0.05, 0.1) is 7.11 Å². The monoisotopic (exact) mass is 281 g/mol. The fourth-order valence-electron chi connectivity index (χ4n) is 2.06. The van der Waals surface area contributed by atoms with E-state index in [0.29, 0.717) is 11.4 Å². The number of aryl methyl sites for hydroxylation is 2. The minimum atomic E-state index is -0.164. The highest BCUT2D eigenvalue weighted by molar-refractivity contribution is 6.02. The summed E-state index contributed by atoms with van der Waals surface area (Å²) in [5, 5.41) is 2.81. The number of rotatable bonds is 4. The normalized spacial score (nSPS) is 10.6. The molecule has 0 atom stereocenters.